The van der Waals surface area contributed by atoms with E-state index in [-0.39, 0.29) is 5.92 Å². The molecule has 1 amide bonds. The van der Waals surface area contributed by atoms with E-state index in [4.69, 9.17) is 5.11 Å². The number of nitrogens with one attached hydrogen (secondary N) is 1. The zero-order valence-electron chi connectivity index (χ0n) is 7.94. The molecule has 2 atom stereocenters. The van der Waals surface area contributed by atoms with E-state index in [0.29, 0.717) is 0 Å². The number of hydrogen-bond acceptors (Lipinski definition) is 3. The van der Waals surface area contributed by atoms with Gasteiger partial charge in [-0.05, 0) is 12.8 Å². The van der Waals surface area contributed by atoms with Crippen molar-refractivity contribution in [2.75, 3.05) is 0 Å². The molecule has 0 aromatic rings. The maximum atomic E-state index is 11.1. The summed E-state index contributed by atoms with van der Waals surface area (Å²) < 4.78 is 0. The van der Waals surface area contributed by atoms with Crippen LogP contribution in [0.2, 0.25) is 0 Å². The van der Waals surface area contributed by atoms with Gasteiger partial charge in [-0.25, -0.2) is 0 Å². The maximum absolute atomic E-state index is 11.1. The number of carboxylic acid groups (broad SMARTS) is 1. The second-order valence-corrected chi connectivity index (χ2v) is 3.26. The average molecular weight is 189 g/mol. The number of aliphatic hydroxyl groups excluding tert-OH is 1. The Balaban J connectivity index is 4.08. The molecule has 0 aliphatic carbocycles. The van der Waals surface area contributed by atoms with Gasteiger partial charge in [0.05, 0.1) is 0 Å². The van der Waals surface area contributed by atoms with Crippen LogP contribution in [0.3, 0.4) is 0 Å². The second-order valence-electron chi connectivity index (χ2n) is 3.26. The maximum Gasteiger partial charge on any atom is 0.325 e. The SMILES string of the molecule is CC(NC(=O)C(O)C(C)C)C(=O)O. The molecule has 0 bridgehead atoms. The topological polar surface area (TPSA) is 86.6 Å². The van der Waals surface area contributed by atoms with Gasteiger partial charge >= 0.3 is 5.97 Å². The molecule has 13 heavy (non-hydrogen) atoms. The number of carbonyl (C=O) groups is 2. The van der Waals surface area contributed by atoms with Crippen molar-refractivity contribution in [3.63, 3.8) is 0 Å². The number of carboxylic acids is 1. The van der Waals surface area contributed by atoms with Crippen LogP contribution in [0.15, 0.2) is 0 Å². The molecular weight excluding hydrogens is 174 g/mol. The van der Waals surface area contributed by atoms with Gasteiger partial charge in [-0.1, -0.05) is 13.8 Å². The van der Waals surface area contributed by atoms with E-state index in [1.54, 1.807) is 13.8 Å². The first-order valence-electron chi connectivity index (χ1n) is 4.07. The number of aliphatic hydroxyl groups is 1. The molecule has 0 aliphatic rings. The largest absolute Gasteiger partial charge is 0.480 e. The van der Waals surface area contributed by atoms with E-state index in [2.05, 4.69) is 5.32 Å². The fourth-order valence-corrected chi connectivity index (χ4v) is 0.663. The summed E-state index contributed by atoms with van der Waals surface area (Å²) in [6.45, 7) is 4.69. The van der Waals surface area contributed by atoms with E-state index in [0.717, 1.165) is 0 Å². The van der Waals surface area contributed by atoms with E-state index in [1.807, 2.05) is 0 Å². The Labute approximate surface area is 76.8 Å². The van der Waals surface area contributed by atoms with Gasteiger partial charge in [0, 0.05) is 0 Å². The molecular formula is C8H15NO4. The zero-order valence-corrected chi connectivity index (χ0v) is 7.94. The Bertz CT molecular complexity index is 202. The minimum absolute atomic E-state index is 0.221. The highest BCUT2D eigenvalue weighted by Crippen LogP contribution is 2.00. The van der Waals surface area contributed by atoms with Crippen molar-refractivity contribution in [2.24, 2.45) is 5.92 Å². The molecule has 5 heteroatoms. The highest BCUT2D eigenvalue weighted by molar-refractivity contribution is 5.85. The van der Waals surface area contributed by atoms with Gasteiger partial charge in [-0.2, -0.15) is 0 Å². The monoisotopic (exact) mass is 189 g/mol. The quantitative estimate of drug-likeness (QED) is 0.561. The van der Waals surface area contributed by atoms with Gasteiger partial charge in [0.15, 0.2) is 0 Å². The summed E-state index contributed by atoms with van der Waals surface area (Å²) in [5, 5.41) is 19.8. The van der Waals surface area contributed by atoms with E-state index in [9.17, 15) is 14.7 Å². The molecule has 0 aliphatic heterocycles. The molecule has 0 rings (SSSR count). The Morgan fingerprint density at radius 1 is 1.23 bits per heavy atom. The molecule has 0 heterocycles. The van der Waals surface area contributed by atoms with Crippen molar-refractivity contribution in [2.45, 2.75) is 32.9 Å². The first-order chi connectivity index (χ1) is 5.86. The van der Waals surface area contributed by atoms with Crippen LogP contribution in [0.4, 0.5) is 0 Å². The molecule has 0 aromatic heterocycles. The van der Waals surface area contributed by atoms with Crippen molar-refractivity contribution in [1.82, 2.24) is 5.32 Å². The number of rotatable bonds is 4. The van der Waals surface area contributed by atoms with Crippen LogP contribution in [0.1, 0.15) is 20.8 Å². The van der Waals surface area contributed by atoms with Crippen molar-refractivity contribution >= 4 is 11.9 Å². The number of amides is 1. The standard InChI is InChI=1S/C8H15NO4/c1-4(2)6(10)7(11)9-5(3)8(12)13/h4-6,10H,1-3H3,(H,9,11)(H,12,13). The highest BCUT2D eigenvalue weighted by Gasteiger charge is 2.22. The van der Waals surface area contributed by atoms with Gasteiger partial charge in [0.2, 0.25) is 5.91 Å². The predicted octanol–water partition coefficient (Wildman–Crippen LogP) is -0.407. The summed E-state index contributed by atoms with van der Waals surface area (Å²) in [6, 6.07) is -0.971. The minimum atomic E-state index is -1.15. The average Bonchev–Trinajstić information content (AvgIpc) is 2.02. The lowest BCUT2D eigenvalue weighted by Crippen LogP contribution is -2.45. The number of hydrogen-bond donors (Lipinski definition) is 3. The van der Waals surface area contributed by atoms with Gasteiger partial charge in [0.25, 0.3) is 0 Å². The van der Waals surface area contributed by atoms with E-state index in [1.165, 1.54) is 6.92 Å². The lowest BCUT2D eigenvalue weighted by atomic mass is 10.1. The Kier molecular flexibility index (Phi) is 4.40. The highest BCUT2D eigenvalue weighted by atomic mass is 16.4. The van der Waals surface area contributed by atoms with Crippen molar-refractivity contribution in [1.29, 1.82) is 0 Å². The summed E-state index contributed by atoms with van der Waals surface area (Å²) >= 11 is 0. The fourth-order valence-electron chi connectivity index (χ4n) is 0.663. The molecule has 0 radical (unpaired) electrons. The lowest BCUT2D eigenvalue weighted by Gasteiger charge is -2.16. The van der Waals surface area contributed by atoms with Crippen LogP contribution >= 0.6 is 0 Å². The molecule has 0 aromatic carbocycles. The van der Waals surface area contributed by atoms with Gasteiger partial charge in [-0.15, -0.1) is 0 Å². The third kappa shape index (κ3) is 3.89. The van der Waals surface area contributed by atoms with E-state index >= 15 is 0 Å². The van der Waals surface area contributed by atoms with Crippen LogP contribution in [0, 0.1) is 5.92 Å². The Morgan fingerprint density at radius 3 is 2.00 bits per heavy atom. The Hall–Kier alpha value is -1.10. The van der Waals surface area contributed by atoms with Crippen LogP contribution in [-0.2, 0) is 9.59 Å². The summed E-state index contributed by atoms with van der Waals surface area (Å²) in [4.78, 5) is 21.4. The molecule has 0 saturated carbocycles. The molecule has 0 spiro atoms. The Morgan fingerprint density at radius 2 is 1.69 bits per heavy atom. The summed E-state index contributed by atoms with van der Waals surface area (Å²) in [6.07, 6.45) is -1.15. The number of aliphatic carboxylic acids is 1. The minimum Gasteiger partial charge on any atom is -0.480 e. The van der Waals surface area contributed by atoms with Crippen LogP contribution in [-0.4, -0.2) is 34.2 Å². The van der Waals surface area contributed by atoms with Gasteiger partial charge < -0.3 is 15.5 Å². The van der Waals surface area contributed by atoms with Crippen LogP contribution < -0.4 is 5.32 Å². The summed E-state index contributed by atoms with van der Waals surface area (Å²) in [5.41, 5.74) is 0. The second kappa shape index (κ2) is 4.81. The summed E-state index contributed by atoms with van der Waals surface area (Å²) in [5.74, 6) is -1.99. The smallest absolute Gasteiger partial charge is 0.325 e. The molecule has 3 N–H and O–H groups in total. The van der Waals surface area contributed by atoms with E-state index < -0.39 is 24.0 Å². The van der Waals surface area contributed by atoms with Crippen LogP contribution in [0.5, 0.6) is 0 Å². The van der Waals surface area contributed by atoms with Crippen molar-refractivity contribution in [3.8, 4) is 0 Å². The first kappa shape index (κ1) is 11.9. The van der Waals surface area contributed by atoms with Crippen molar-refractivity contribution in [3.05, 3.63) is 0 Å². The van der Waals surface area contributed by atoms with Gasteiger partial charge in [0.1, 0.15) is 12.1 Å². The lowest BCUT2D eigenvalue weighted by molar-refractivity contribution is -0.143. The molecule has 0 saturated heterocycles. The van der Waals surface area contributed by atoms with Gasteiger partial charge in [-0.3, -0.25) is 9.59 Å². The predicted molar refractivity (Wildman–Crippen MR) is 46.1 cm³/mol. The molecule has 5 nitrogen and oxygen atoms in total. The van der Waals surface area contributed by atoms with Crippen LogP contribution in [0.25, 0.3) is 0 Å². The normalized spacial score (nSPS) is 15.2. The summed E-state index contributed by atoms with van der Waals surface area (Å²) in [7, 11) is 0. The third-order valence-corrected chi connectivity index (χ3v) is 1.63. The first-order valence-corrected chi connectivity index (χ1v) is 4.07. The zero-order chi connectivity index (χ0) is 10.6. The molecule has 0 fully saturated rings. The fraction of sp³-hybridized carbons (Fsp3) is 0.750. The number of carbonyl (C=O) groups excluding carboxylic acids is 1. The molecule has 76 valence electrons. The molecule has 2 unspecified atom stereocenters. The van der Waals surface area contributed by atoms with Crippen molar-refractivity contribution < 1.29 is 19.8 Å². The third-order valence-electron chi connectivity index (χ3n) is 1.63.